The Morgan fingerprint density at radius 3 is 2.78 bits per heavy atom. The number of H-pyrrole nitrogens is 1. The number of methoxy groups -OCH3 is 1. The molecule has 1 rings (SSSR count). The number of hydrogen-bond donors (Lipinski definition) is 4. The Bertz CT molecular complexity index is 393. The van der Waals surface area contributed by atoms with Crippen LogP contribution in [0.1, 0.15) is 18.8 Å². The number of carboxylic acids is 1. The van der Waals surface area contributed by atoms with Gasteiger partial charge in [0.1, 0.15) is 5.82 Å². The van der Waals surface area contributed by atoms with Crippen molar-refractivity contribution in [3.05, 3.63) is 18.2 Å². The summed E-state index contributed by atoms with van der Waals surface area (Å²) in [6.45, 7) is 1.63. The van der Waals surface area contributed by atoms with Crippen LogP contribution in [0.4, 0.5) is 4.79 Å². The molecular weight excluding hydrogens is 240 g/mol. The van der Waals surface area contributed by atoms with Gasteiger partial charge in [0.05, 0.1) is 12.6 Å². The van der Waals surface area contributed by atoms with E-state index in [2.05, 4.69) is 20.6 Å². The molecule has 0 fully saturated rings. The van der Waals surface area contributed by atoms with Crippen LogP contribution in [0.15, 0.2) is 12.4 Å². The van der Waals surface area contributed by atoms with E-state index < -0.39 is 18.0 Å². The van der Waals surface area contributed by atoms with Crippen molar-refractivity contribution in [3.63, 3.8) is 0 Å². The van der Waals surface area contributed by atoms with E-state index in [9.17, 15) is 9.59 Å². The number of rotatable bonds is 6. The second kappa shape index (κ2) is 6.60. The Labute approximate surface area is 104 Å². The van der Waals surface area contributed by atoms with E-state index in [0.29, 0.717) is 5.82 Å². The number of carboxylic acid groups (broad SMARTS) is 1. The van der Waals surface area contributed by atoms with E-state index in [1.165, 1.54) is 7.11 Å². The van der Waals surface area contributed by atoms with Crippen molar-refractivity contribution in [1.29, 1.82) is 0 Å². The number of carbonyl (C=O) groups excluding carboxylic acids is 1. The molecule has 0 radical (unpaired) electrons. The van der Waals surface area contributed by atoms with Crippen molar-refractivity contribution in [3.8, 4) is 0 Å². The average molecular weight is 256 g/mol. The van der Waals surface area contributed by atoms with Crippen LogP contribution in [0.5, 0.6) is 0 Å². The predicted molar refractivity (Wildman–Crippen MR) is 62.0 cm³/mol. The fourth-order valence-corrected chi connectivity index (χ4v) is 1.32. The summed E-state index contributed by atoms with van der Waals surface area (Å²) in [5.74, 6) is -0.568. The summed E-state index contributed by atoms with van der Waals surface area (Å²) in [7, 11) is 1.36. The van der Waals surface area contributed by atoms with E-state index in [1.54, 1.807) is 19.3 Å². The summed E-state index contributed by atoms with van der Waals surface area (Å²) >= 11 is 0. The molecule has 100 valence electrons. The lowest BCUT2D eigenvalue weighted by atomic mass is 10.3. The van der Waals surface area contributed by atoms with Gasteiger partial charge in [0.15, 0.2) is 6.04 Å². The van der Waals surface area contributed by atoms with E-state index in [4.69, 9.17) is 9.84 Å². The predicted octanol–water partition coefficient (Wildman–Crippen LogP) is -0.130. The summed E-state index contributed by atoms with van der Waals surface area (Å²) < 4.78 is 4.70. The third kappa shape index (κ3) is 4.06. The summed E-state index contributed by atoms with van der Waals surface area (Å²) in [4.78, 5) is 29.2. The van der Waals surface area contributed by atoms with Gasteiger partial charge >= 0.3 is 12.0 Å². The number of aromatic nitrogens is 2. The molecule has 8 heteroatoms. The fraction of sp³-hybridized carbons (Fsp3) is 0.500. The molecule has 1 heterocycles. The molecule has 8 nitrogen and oxygen atoms in total. The third-order valence-corrected chi connectivity index (χ3v) is 2.21. The zero-order valence-electron chi connectivity index (χ0n) is 10.1. The minimum Gasteiger partial charge on any atom is -0.480 e. The minimum absolute atomic E-state index is 0.0993. The Morgan fingerprint density at radius 2 is 2.28 bits per heavy atom. The van der Waals surface area contributed by atoms with Gasteiger partial charge in [0.25, 0.3) is 0 Å². The van der Waals surface area contributed by atoms with Crippen molar-refractivity contribution in [2.75, 3.05) is 13.7 Å². The minimum atomic E-state index is -1.15. The highest BCUT2D eigenvalue weighted by Gasteiger charge is 2.20. The van der Waals surface area contributed by atoms with Crippen LogP contribution in [-0.4, -0.2) is 46.8 Å². The molecule has 0 aromatic carbocycles. The number of imidazole rings is 1. The van der Waals surface area contributed by atoms with Gasteiger partial charge in [-0.25, -0.2) is 14.6 Å². The lowest BCUT2D eigenvalue weighted by Crippen LogP contribution is -2.48. The van der Waals surface area contributed by atoms with Crippen LogP contribution in [-0.2, 0) is 9.53 Å². The highest BCUT2D eigenvalue weighted by atomic mass is 16.5. The number of ether oxygens (including phenoxy) is 1. The molecule has 0 saturated heterocycles. The first kappa shape index (κ1) is 14.0. The number of aromatic amines is 1. The van der Waals surface area contributed by atoms with Crippen LogP contribution in [0.3, 0.4) is 0 Å². The number of nitrogens with zero attached hydrogens (tertiary/aromatic N) is 1. The van der Waals surface area contributed by atoms with Gasteiger partial charge in [-0.05, 0) is 6.92 Å². The average Bonchev–Trinajstić information content (AvgIpc) is 2.81. The molecular formula is C10H16N4O4. The third-order valence-electron chi connectivity index (χ3n) is 2.21. The van der Waals surface area contributed by atoms with Gasteiger partial charge in [-0.15, -0.1) is 0 Å². The molecule has 0 aliphatic rings. The molecule has 2 unspecified atom stereocenters. The summed E-state index contributed by atoms with van der Waals surface area (Å²) in [5, 5.41) is 13.7. The maximum Gasteiger partial charge on any atom is 0.328 e. The molecule has 2 amide bonds. The van der Waals surface area contributed by atoms with Gasteiger partial charge in [0, 0.05) is 19.5 Å². The monoisotopic (exact) mass is 256 g/mol. The van der Waals surface area contributed by atoms with E-state index in [0.717, 1.165) is 0 Å². The quantitative estimate of drug-likeness (QED) is 0.565. The Kier molecular flexibility index (Phi) is 5.12. The zero-order valence-corrected chi connectivity index (χ0v) is 10.1. The molecule has 0 saturated carbocycles. The largest absolute Gasteiger partial charge is 0.480 e. The topological polar surface area (TPSA) is 116 Å². The summed E-state index contributed by atoms with van der Waals surface area (Å²) in [6.07, 6.45) is 3.20. The van der Waals surface area contributed by atoms with Gasteiger partial charge < -0.3 is 25.5 Å². The Hall–Kier alpha value is -2.09. The first-order valence-electron chi connectivity index (χ1n) is 5.32. The van der Waals surface area contributed by atoms with Crippen molar-refractivity contribution in [2.45, 2.75) is 19.0 Å². The normalized spacial score (nSPS) is 13.7. The second-order valence-electron chi connectivity index (χ2n) is 3.66. The van der Waals surface area contributed by atoms with Gasteiger partial charge in [-0.2, -0.15) is 0 Å². The van der Waals surface area contributed by atoms with Crippen LogP contribution in [0.25, 0.3) is 0 Å². The lowest BCUT2D eigenvalue weighted by Gasteiger charge is -2.16. The number of urea groups is 1. The zero-order chi connectivity index (χ0) is 13.5. The molecule has 18 heavy (non-hydrogen) atoms. The van der Waals surface area contributed by atoms with Crippen LogP contribution in [0.2, 0.25) is 0 Å². The maximum atomic E-state index is 11.6. The van der Waals surface area contributed by atoms with Crippen molar-refractivity contribution < 1.29 is 19.4 Å². The molecule has 2 atom stereocenters. The number of hydrogen-bond acceptors (Lipinski definition) is 4. The highest BCUT2D eigenvalue weighted by molar-refractivity contribution is 5.82. The molecule has 0 aliphatic heterocycles. The Balaban J connectivity index is 2.47. The van der Waals surface area contributed by atoms with Crippen LogP contribution < -0.4 is 10.6 Å². The number of nitrogens with one attached hydrogen (secondary N) is 3. The molecule has 1 aromatic heterocycles. The van der Waals surface area contributed by atoms with Gasteiger partial charge in [0.2, 0.25) is 0 Å². The van der Waals surface area contributed by atoms with Gasteiger partial charge in [-0.3, -0.25) is 0 Å². The highest BCUT2D eigenvalue weighted by Crippen LogP contribution is 2.04. The number of carbonyl (C=O) groups is 2. The first-order chi connectivity index (χ1) is 8.54. The second-order valence-corrected chi connectivity index (χ2v) is 3.66. The first-order valence-corrected chi connectivity index (χ1v) is 5.32. The molecule has 0 spiro atoms. The van der Waals surface area contributed by atoms with E-state index >= 15 is 0 Å². The number of aliphatic carboxylic acids is 1. The molecule has 0 aliphatic carbocycles. The summed E-state index contributed by atoms with van der Waals surface area (Å²) in [6, 6.07) is -2.03. The van der Waals surface area contributed by atoms with Crippen molar-refractivity contribution in [1.82, 2.24) is 20.6 Å². The van der Waals surface area contributed by atoms with E-state index in [1.807, 2.05) is 0 Å². The van der Waals surface area contributed by atoms with Crippen LogP contribution >= 0.6 is 0 Å². The van der Waals surface area contributed by atoms with E-state index in [-0.39, 0.29) is 12.6 Å². The lowest BCUT2D eigenvalue weighted by molar-refractivity contribution is -0.140. The molecule has 1 aromatic rings. The fourth-order valence-electron chi connectivity index (χ4n) is 1.32. The number of amides is 2. The van der Waals surface area contributed by atoms with Crippen LogP contribution in [0, 0.1) is 0 Å². The maximum absolute atomic E-state index is 11.6. The molecule has 0 bridgehead atoms. The smallest absolute Gasteiger partial charge is 0.328 e. The summed E-state index contributed by atoms with van der Waals surface area (Å²) in [5.41, 5.74) is 0. The van der Waals surface area contributed by atoms with Crippen molar-refractivity contribution >= 4 is 12.0 Å². The SMILES string of the molecule is COCC(NC(=O)NC(C)c1ncc[nH]1)C(=O)O. The molecule has 4 N–H and O–H groups in total. The standard InChI is InChI=1S/C10H16N4O4/c1-6(8-11-3-4-12-8)13-10(17)14-7(5-18-2)9(15)16/h3-4,6-7H,5H2,1-2H3,(H,11,12)(H,15,16)(H2,13,14,17). The van der Waals surface area contributed by atoms with Gasteiger partial charge in [-0.1, -0.05) is 0 Å². The Morgan fingerprint density at radius 1 is 1.56 bits per heavy atom. The van der Waals surface area contributed by atoms with Crippen molar-refractivity contribution in [2.24, 2.45) is 0 Å².